The lowest BCUT2D eigenvalue weighted by Gasteiger charge is -2.34. The maximum atomic E-state index is 13.5. The lowest BCUT2D eigenvalue weighted by molar-refractivity contribution is -0.137. The molecule has 0 aliphatic heterocycles. The first-order valence-corrected chi connectivity index (χ1v) is 11.7. The number of benzene rings is 2. The summed E-state index contributed by atoms with van der Waals surface area (Å²) in [6.07, 6.45) is 6.16. The molecule has 168 valence electrons. The number of fused-ring (bicyclic) bond motifs is 1. The monoisotopic (exact) mass is 431 g/mol. The van der Waals surface area contributed by atoms with E-state index in [1.54, 1.807) is 0 Å². The Morgan fingerprint density at radius 3 is 2.47 bits per heavy atom. The SMILES string of the molecule is Cc1cc2ccccc2n1CC(=O)N[C@@H](Cc1ccccc1)C(=O)N(C)C1CCCCC1. The number of hydrogen-bond donors (Lipinski definition) is 1. The lowest BCUT2D eigenvalue weighted by Crippen LogP contribution is -2.52. The molecular formula is C27H33N3O2. The molecule has 0 radical (unpaired) electrons. The van der Waals surface area contributed by atoms with E-state index in [4.69, 9.17) is 0 Å². The molecule has 5 heteroatoms. The van der Waals surface area contributed by atoms with Gasteiger partial charge < -0.3 is 14.8 Å². The molecule has 2 aromatic carbocycles. The van der Waals surface area contributed by atoms with Crippen LogP contribution in [-0.2, 0) is 22.6 Å². The second-order valence-electron chi connectivity index (χ2n) is 8.98. The van der Waals surface area contributed by atoms with Gasteiger partial charge in [-0.25, -0.2) is 0 Å². The fraction of sp³-hybridized carbons (Fsp3) is 0.407. The van der Waals surface area contributed by atoms with Gasteiger partial charge in [0.15, 0.2) is 0 Å². The molecule has 0 unspecified atom stereocenters. The number of nitrogens with one attached hydrogen (secondary N) is 1. The lowest BCUT2D eigenvalue weighted by atomic mass is 9.93. The topological polar surface area (TPSA) is 54.3 Å². The van der Waals surface area contributed by atoms with Crippen LogP contribution in [0.15, 0.2) is 60.7 Å². The van der Waals surface area contributed by atoms with Gasteiger partial charge in [-0.3, -0.25) is 9.59 Å². The summed E-state index contributed by atoms with van der Waals surface area (Å²) in [5, 5.41) is 4.18. The molecule has 2 amide bonds. The average molecular weight is 432 g/mol. The van der Waals surface area contributed by atoms with Gasteiger partial charge in [-0.15, -0.1) is 0 Å². The molecule has 1 N–H and O–H groups in total. The number of carbonyl (C=O) groups excluding carboxylic acids is 2. The summed E-state index contributed by atoms with van der Waals surface area (Å²) in [5.74, 6) is -0.135. The second-order valence-corrected chi connectivity index (χ2v) is 8.98. The standard InChI is InChI=1S/C27H33N3O2/c1-20-17-22-13-9-10-16-25(22)30(20)19-26(31)28-24(18-21-11-5-3-6-12-21)27(32)29(2)23-14-7-4-8-15-23/h3,5-6,9-13,16-17,23-24H,4,7-8,14-15,18-19H2,1-2H3,(H,28,31)/t24-/m0/s1. The van der Waals surface area contributed by atoms with Gasteiger partial charge in [0, 0.05) is 30.7 Å². The number of aryl methyl sites for hydroxylation is 1. The molecule has 1 saturated carbocycles. The molecule has 32 heavy (non-hydrogen) atoms. The van der Waals surface area contributed by atoms with E-state index in [-0.39, 0.29) is 24.4 Å². The van der Waals surface area contributed by atoms with Crippen LogP contribution in [0.5, 0.6) is 0 Å². The first kappa shape index (κ1) is 22.1. The van der Waals surface area contributed by atoms with Gasteiger partial charge in [0.2, 0.25) is 11.8 Å². The molecule has 1 aliphatic carbocycles. The van der Waals surface area contributed by atoms with E-state index in [0.29, 0.717) is 6.42 Å². The molecule has 1 fully saturated rings. The van der Waals surface area contributed by atoms with Gasteiger partial charge in [0.25, 0.3) is 0 Å². The molecule has 0 bridgehead atoms. The molecular weight excluding hydrogens is 398 g/mol. The fourth-order valence-electron chi connectivity index (χ4n) is 4.89. The molecule has 0 saturated heterocycles. The molecule has 1 aliphatic rings. The minimum Gasteiger partial charge on any atom is -0.342 e. The van der Waals surface area contributed by atoms with Crippen LogP contribution in [-0.4, -0.2) is 40.4 Å². The Morgan fingerprint density at radius 2 is 1.72 bits per heavy atom. The molecule has 1 heterocycles. The zero-order valence-corrected chi connectivity index (χ0v) is 19.1. The van der Waals surface area contributed by atoms with Crippen molar-refractivity contribution in [1.82, 2.24) is 14.8 Å². The Hall–Kier alpha value is -3.08. The highest BCUT2D eigenvalue weighted by Crippen LogP contribution is 2.23. The fourth-order valence-corrected chi connectivity index (χ4v) is 4.89. The van der Waals surface area contributed by atoms with Crippen LogP contribution in [0.2, 0.25) is 0 Å². The van der Waals surface area contributed by atoms with Crippen LogP contribution in [0.3, 0.4) is 0 Å². The van der Waals surface area contributed by atoms with Crippen molar-refractivity contribution < 1.29 is 9.59 Å². The first-order valence-electron chi connectivity index (χ1n) is 11.7. The molecule has 3 aromatic rings. The van der Waals surface area contributed by atoms with E-state index in [1.165, 1.54) is 6.42 Å². The number of nitrogens with zero attached hydrogens (tertiary/aromatic N) is 2. The van der Waals surface area contributed by atoms with Gasteiger partial charge in [0.05, 0.1) is 0 Å². The highest BCUT2D eigenvalue weighted by molar-refractivity contribution is 5.89. The van der Waals surface area contributed by atoms with E-state index < -0.39 is 6.04 Å². The summed E-state index contributed by atoms with van der Waals surface area (Å²) < 4.78 is 2.01. The van der Waals surface area contributed by atoms with E-state index in [0.717, 1.165) is 47.8 Å². The molecule has 4 rings (SSSR count). The van der Waals surface area contributed by atoms with Gasteiger partial charge in [-0.05, 0) is 42.8 Å². The zero-order chi connectivity index (χ0) is 22.5. The first-order chi connectivity index (χ1) is 15.5. The Morgan fingerprint density at radius 1 is 1.03 bits per heavy atom. The summed E-state index contributed by atoms with van der Waals surface area (Å²) in [7, 11) is 1.89. The Balaban J connectivity index is 1.51. The number of aromatic nitrogens is 1. The van der Waals surface area contributed by atoms with Crippen molar-refractivity contribution >= 4 is 22.7 Å². The van der Waals surface area contributed by atoms with Crippen LogP contribution in [0.4, 0.5) is 0 Å². The highest BCUT2D eigenvalue weighted by atomic mass is 16.2. The predicted octanol–water partition coefficient (Wildman–Crippen LogP) is 4.47. The second kappa shape index (κ2) is 10.0. The molecule has 1 aromatic heterocycles. The number of rotatable bonds is 7. The van der Waals surface area contributed by atoms with Gasteiger partial charge >= 0.3 is 0 Å². The van der Waals surface area contributed by atoms with Crippen molar-refractivity contribution in [3.63, 3.8) is 0 Å². The number of hydrogen-bond acceptors (Lipinski definition) is 2. The van der Waals surface area contributed by atoms with Crippen molar-refractivity contribution in [2.75, 3.05) is 7.05 Å². The van der Waals surface area contributed by atoms with Crippen LogP contribution < -0.4 is 5.32 Å². The van der Waals surface area contributed by atoms with Crippen molar-refractivity contribution in [3.8, 4) is 0 Å². The third-order valence-electron chi connectivity index (χ3n) is 6.71. The maximum absolute atomic E-state index is 13.5. The molecule has 1 atom stereocenters. The van der Waals surface area contributed by atoms with E-state index in [2.05, 4.69) is 17.4 Å². The molecule has 5 nitrogen and oxygen atoms in total. The minimum absolute atomic E-state index is 0.00295. The third kappa shape index (κ3) is 5.04. The van der Waals surface area contributed by atoms with E-state index in [1.807, 2.05) is 72.0 Å². The van der Waals surface area contributed by atoms with E-state index in [9.17, 15) is 9.59 Å². The Bertz CT molecular complexity index is 1070. The smallest absolute Gasteiger partial charge is 0.245 e. The Labute approximate surface area is 190 Å². The van der Waals surface area contributed by atoms with Crippen molar-refractivity contribution in [1.29, 1.82) is 0 Å². The maximum Gasteiger partial charge on any atom is 0.245 e. The zero-order valence-electron chi connectivity index (χ0n) is 19.1. The van der Waals surface area contributed by atoms with Crippen molar-refractivity contribution in [2.24, 2.45) is 0 Å². The summed E-state index contributed by atoms with van der Waals surface area (Å²) in [5.41, 5.74) is 3.11. The summed E-state index contributed by atoms with van der Waals surface area (Å²) in [4.78, 5) is 28.5. The highest BCUT2D eigenvalue weighted by Gasteiger charge is 2.29. The number of amides is 2. The van der Waals surface area contributed by atoms with Gasteiger partial charge in [-0.2, -0.15) is 0 Å². The number of carbonyl (C=O) groups is 2. The minimum atomic E-state index is -0.570. The summed E-state index contributed by atoms with van der Waals surface area (Å²) >= 11 is 0. The van der Waals surface area contributed by atoms with Crippen LogP contribution in [0.1, 0.15) is 43.4 Å². The third-order valence-corrected chi connectivity index (χ3v) is 6.71. The summed E-state index contributed by atoms with van der Waals surface area (Å²) in [6.45, 7) is 2.21. The van der Waals surface area contributed by atoms with Crippen LogP contribution in [0, 0.1) is 6.92 Å². The van der Waals surface area contributed by atoms with Crippen LogP contribution in [0.25, 0.3) is 10.9 Å². The molecule has 0 spiro atoms. The van der Waals surface area contributed by atoms with Crippen molar-refractivity contribution in [3.05, 3.63) is 71.9 Å². The van der Waals surface area contributed by atoms with Gasteiger partial charge in [-0.1, -0.05) is 67.8 Å². The van der Waals surface area contributed by atoms with Crippen LogP contribution >= 0.6 is 0 Å². The predicted molar refractivity (Wildman–Crippen MR) is 128 cm³/mol. The largest absolute Gasteiger partial charge is 0.342 e. The average Bonchev–Trinajstić information content (AvgIpc) is 3.13. The van der Waals surface area contributed by atoms with E-state index >= 15 is 0 Å². The normalized spacial score (nSPS) is 15.4. The number of likely N-dealkylation sites (N-methyl/N-ethyl adjacent to an activating group) is 1. The Kier molecular flexibility index (Phi) is 6.93. The quantitative estimate of drug-likeness (QED) is 0.600. The summed E-state index contributed by atoms with van der Waals surface area (Å²) in [6, 6.07) is 19.8. The number of para-hydroxylation sites is 1. The van der Waals surface area contributed by atoms with Crippen molar-refractivity contribution in [2.45, 2.75) is 64.1 Å². The van der Waals surface area contributed by atoms with Gasteiger partial charge in [0.1, 0.15) is 12.6 Å².